The molecule has 0 aromatic carbocycles. The van der Waals surface area contributed by atoms with Gasteiger partial charge in [-0.2, -0.15) is 0 Å². The Hall–Kier alpha value is -1.05. The van der Waals surface area contributed by atoms with Gasteiger partial charge in [0.05, 0.1) is 6.61 Å². The van der Waals surface area contributed by atoms with Crippen LogP contribution in [0, 0.1) is 5.41 Å². The zero-order valence-electron chi connectivity index (χ0n) is 9.01. The summed E-state index contributed by atoms with van der Waals surface area (Å²) in [6.07, 6.45) is 5.76. The molecule has 0 aromatic heterocycles. The Morgan fingerprint density at radius 3 is 2.86 bits per heavy atom. The zero-order valence-corrected chi connectivity index (χ0v) is 9.01. The first-order valence-electron chi connectivity index (χ1n) is 5.00. The molecule has 0 bridgehead atoms. The summed E-state index contributed by atoms with van der Waals surface area (Å²) in [4.78, 5) is 11.3. The fourth-order valence-electron chi connectivity index (χ4n) is 1.65. The van der Waals surface area contributed by atoms with E-state index >= 15 is 0 Å². The Bertz CT molecular complexity index is 261. The molecule has 14 heavy (non-hydrogen) atoms. The number of carbonyl (C=O) groups is 1. The van der Waals surface area contributed by atoms with Crippen molar-refractivity contribution in [2.75, 3.05) is 6.61 Å². The molecule has 1 aliphatic carbocycles. The van der Waals surface area contributed by atoms with Crippen molar-refractivity contribution in [3.63, 3.8) is 0 Å². The molecule has 0 heterocycles. The predicted octanol–water partition coefficient (Wildman–Crippen LogP) is 2.85. The molecular weight excluding hydrogens is 176 g/mol. The number of hydrogen-bond donors (Lipinski definition) is 0. The van der Waals surface area contributed by atoms with Crippen LogP contribution in [0.5, 0.6) is 0 Å². The molecule has 0 amide bonds. The van der Waals surface area contributed by atoms with Gasteiger partial charge in [-0.25, -0.2) is 0 Å². The quantitative estimate of drug-likeness (QED) is 0.508. The summed E-state index contributed by atoms with van der Waals surface area (Å²) in [6, 6.07) is 0. The van der Waals surface area contributed by atoms with E-state index in [4.69, 9.17) is 4.74 Å². The van der Waals surface area contributed by atoms with Crippen LogP contribution in [0.25, 0.3) is 0 Å². The van der Waals surface area contributed by atoms with Gasteiger partial charge in [-0.1, -0.05) is 19.9 Å². The first kappa shape index (κ1) is 11.0. The van der Waals surface area contributed by atoms with Gasteiger partial charge in [0.15, 0.2) is 5.78 Å². The van der Waals surface area contributed by atoms with Crippen LogP contribution in [-0.2, 0) is 9.53 Å². The molecule has 78 valence electrons. The number of carbonyl (C=O) groups excluding carboxylic acids is 1. The lowest BCUT2D eigenvalue weighted by Gasteiger charge is -2.28. The molecule has 0 N–H and O–H groups in total. The highest BCUT2D eigenvalue weighted by molar-refractivity contribution is 5.91. The second-order valence-corrected chi connectivity index (χ2v) is 4.52. The first-order chi connectivity index (χ1) is 6.53. The van der Waals surface area contributed by atoms with Gasteiger partial charge in [0.25, 0.3) is 0 Å². The van der Waals surface area contributed by atoms with Crippen molar-refractivity contribution >= 4 is 5.78 Å². The van der Waals surface area contributed by atoms with E-state index in [0.717, 1.165) is 18.6 Å². The van der Waals surface area contributed by atoms with Crippen molar-refractivity contribution in [3.8, 4) is 0 Å². The second-order valence-electron chi connectivity index (χ2n) is 4.52. The van der Waals surface area contributed by atoms with Crippen molar-refractivity contribution in [1.82, 2.24) is 0 Å². The maximum absolute atomic E-state index is 11.3. The molecule has 0 atom stereocenters. The number of ketones is 1. The van der Waals surface area contributed by atoms with E-state index in [1.807, 2.05) is 6.08 Å². The van der Waals surface area contributed by atoms with Crippen LogP contribution in [0.3, 0.4) is 0 Å². The normalized spacial score (nSPS) is 20.1. The van der Waals surface area contributed by atoms with Crippen LogP contribution >= 0.6 is 0 Å². The van der Waals surface area contributed by atoms with E-state index in [-0.39, 0.29) is 11.2 Å². The Balaban J connectivity index is 2.51. The molecule has 0 aliphatic heterocycles. The summed E-state index contributed by atoms with van der Waals surface area (Å²) in [6.45, 7) is 8.43. The molecule has 0 spiro atoms. The monoisotopic (exact) mass is 194 g/mol. The highest BCUT2D eigenvalue weighted by Crippen LogP contribution is 2.33. The van der Waals surface area contributed by atoms with Crippen LogP contribution in [0.15, 0.2) is 24.5 Å². The van der Waals surface area contributed by atoms with E-state index in [1.54, 1.807) is 6.08 Å². The van der Waals surface area contributed by atoms with Crippen LogP contribution < -0.4 is 0 Å². The van der Waals surface area contributed by atoms with Gasteiger partial charge in [-0.05, 0) is 11.8 Å². The standard InChI is InChI=1S/C12H18O2/c1-4-5-6-14-11-7-10(13)8-12(2,3)9-11/h4,7H,1,5-6,8-9H2,2-3H3. The predicted molar refractivity (Wildman–Crippen MR) is 56.9 cm³/mol. The van der Waals surface area contributed by atoms with Crippen molar-refractivity contribution < 1.29 is 9.53 Å². The lowest BCUT2D eigenvalue weighted by Crippen LogP contribution is -2.22. The average molecular weight is 194 g/mol. The minimum atomic E-state index is 0.0509. The molecular formula is C12H18O2. The fraction of sp³-hybridized carbons (Fsp3) is 0.583. The summed E-state index contributed by atoms with van der Waals surface area (Å²) < 4.78 is 5.50. The van der Waals surface area contributed by atoms with Crippen LogP contribution in [0.2, 0.25) is 0 Å². The van der Waals surface area contributed by atoms with Gasteiger partial charge in [0.2, 0.25) is 0 Å². The molecule has 0 saturated heterocycles. The van der Waals surface area contributed by atoms with Gasteiger partial charge < -0.3 is 4.74 Å². The molecule has 2 heteroatoms. The highest BCUT2D eigenvalue weighted by atomic mass is 16.5. The van der Waals surface area contributed by atoms with Gasteiger partial charge in [0.1, 0.15) is 5.76 Å². The van der Waals surface area contributed by atoms with E-state index in [2.05, 4.69) is 20.4 Å². The smallest absolute Gasteiger partial charge is 0.159 e. The zero-order chi connectivity index (χ0) is 10.6. The Morgan fingerprint density at radius 1 is 1.57 bits per heavy atom. The molecule has 0 aromatic rings. The van der Waals surface area contributed by atoms with Crippen LogP contribution in [0.1, 0.15) is 33.1 Å². The summed E-state index contributed by atoms with van der Waals surface area (Å²) in [5.41, 5.74) is 0.0509. The summed E-state index contributed by atoms with van der Waals surface area (Å²) in [7, 11) is 0. The topological polar surface area (TPSA) is 26.3 Å². The van der Waals surface area contributed by atoms with E-state index in [1.165, 1.54) is 0 Å². The van der Waals surface area contributed by atoms with Gasteiger partial charge in [-0.15, -0.1) is 6.58 Å². The largest absolute Gasteiger partial charge is 0.497 e. The molecule has 0 fully saturated rings. The fourth-order valence-corrected chi connectivity index (χ4v) is 1.65. The van der Waals surface area contributed by atoms with Crippen molar-refractivity contribution in [2.24, 2.45) is 5.41 Å². The average Bonchev–Trinajstić information content (AvgIpc) is 2.00. The van der Waals surface area contributed by atoms with Gasteiger partial charge in [0, 0.05) is 18.9 Å². The first-order valence-corrected chi connectivity index (χ1v) is 5.00. The third-order valence-electron chi connectivity index (χ3n) is 2.24. The van der Waals surface area contributed by atoms with Gasteiger partial charge in [-0.3, -0.25) is 4.79 Å². The number of ether oxygens (including phenoxy) is 1. The number of allylic oxidation sites excluding steroid dienone is 2. The molecule has 0 unspecified atom stereocenters. The molecule has 1 aliphatic rings. The Labute approximate surface area is 85.6 Å². The van der Waals surface area contributed by atoms with Crippen LogP contribution in [-0.4, -0.2) is 12.4 Å². The van der Waals surface area contributed by atoms with Gasteiger partial charge >= 0.3 is 0 Å². The third kappa shape index (κ3) is 3.36. The maximum atomic E-state index is 11.3. The third-order valence-corrected chi connectivity index (χ3v) is 2.24. The lowest BCUT2D eigenvalue weighted by atomic mass is 9.79. The molecule has 0 radical (unpaired) electrons. The maximum Gasteiger partial charge on any atom is 0.159 e. The lowest BCUT2D eigenvalue weighted by molar-refractivity contribution is -0.117. The summed E-state index contributed by atoms with van der Waals surface area (Å²) >= 11 is 0. The van der Waals surface area contributed by atoms with Crippen molar-refractivity contribution in [2.45, 2.75) is 33.1 Å². The molecule has 1 rings (SSSR count). The van der Waals surface area contributed by atoms with Crippen molar-refractivity contribution in [3.05, 3.63) is 24.5 Å². The SMILES string of the molecule is C=CCCOC1=CC(=O)CC(C)(C)C1. The number of hydrogen-bond acceptors (Lipinski definition) is 2. The molecule has 2 nitrogen and oxygen atoms in total. The second kappa shape index (κ2) is 4.45. The summed E-state index contributed by atoms with van der Waals surface area (Å²) in [5, 5.41) is 0. The van der Waals surface area contributed by atoms with E-state index in [9.17, 15) is 4.79 Å². The Morgan fingerprint density at radius 2 is 2.29 bits per heavy atom. The van der Waals surface area contributed by atoms with E-state index in [0.29, 0.717) is 13.0 Å². The molecule has 0 saturated carbocycles. The van der Waals surface area contributed by atoms with Crippen molar-refractivity contribution in [1.29, 1.82) is 0 Å². The Kier molecular flexibility index (Phi) is 3.50. The summed E-state index contributed by atoms with van der Waals surface area (Å²) in [5.74, 6) is 1.00. The van der Waals surface area contributed by atoms with Crippen LogP contribution in [0.4, 0.5) is 0 Å². The van der Waals surface area contributed by atoms with E-state index < -0.39 is 0 Å². The highest BCUT2D eigenvalue weighted by Gasteiger charge is 2.28. The number of rotatable bonds is 4. The minimum Gasteiger partial charge on any atom is -0.497 e. The minimum absolute atomic E-state index is 0.0509.